The standard InChI is InChI=1S/C18H25FN2O3/c1-20(2)18(23)14-5-3-11-21(13-14)17(22)6-4-12-24-16-9-7-15(19)8-10-16/h7-10,14H,3-6,11-13H2,1-2H3. The predicted octanol–water partition coefficient (Wildman–Crippen LogP) is 2.31. The summed E-state index contributed by atoms with van der Waals surface area (Å²) in [5.41, 5.74) is 0. The molecule has 2 rings (SSSR count). The van der Waals surface area contributed by atoms with E-state index in [-0.39, 0.29) is 23.5 Å². The lowest BCUT2D eigenvalue weighted by Gasteiger charge is -2.33. The SMILES string of the molecule is CN(C)C(=O)C1CCCN(C(=O)CCCOc2ccc(F)cc2)C1. The number of amides is 2. The third-order valence-electron chi connectivity index (χ3n) is 4.18. The molecular weight excluding hydrogens is 311 g/mol. The molecule has 1 aliphatic heterocycles. The van der Waals surface area contributed by atoms with Crippen LogP contribution in [0.5, 0.6) is 5.75 Å². The zero-order valence-corrected chi connectivity index (χ0v) is 14.3. The van der Waals surface area contributed by atoms with Crippen molar-refractivity contribution in [3.8, 4) is 5.75 Å². The van der Waals surface area contributed by atoms with Crippen LogP contribution < -0.4 is 4.74 Å². The molecule has 0 saturated carbocycles. The van der Waals surface area contributed by atoms with E-state index in [4.69, 9.17) is 4.74 Å². The van der Waals surface area contributed by atoms with Crippen molar-refractivity contribution in [3.05, 3.63) is 30.1 Å². The molecule has 1 atom stereocenters. The number of benzene rings is 1. The minimum Gasteiger partial charge on any atom is -0.494 e. The highest BCUT2D eigenvalue weighted by Crippen LogP contribution is 2.19. The molecule has 1 heterocycles. The van der Waals surface area contributed by atoms with Gasteiger partial charge in [-0.15, -0.1) is 0 Å². The number of nitrogens with zero attached hydrogens (tertiary/aromatic N) is 2. The van der Waals surface area contributed by atoms with Crippen molar-refractivity contribution in [3.63, 3.8) is 0 Å². The van der Waals surface area contributed by atoms with Crippen LogP contribution in [-0.2, 0) is 9.59 Å². The van der Waals surface area contributed by atoms with Crippen molar-refractivity contribution in [2.24, 2.45) is 5.92 Å². The van der Waals surface area contributed by atoms with E-state index in [0.717, 1.165) is 19.4 Å². The van der Waals surface area contributed by atoms with Gasteiger partial charge in [0.25, 0.3) is 0 Å². The maximum atomic E-state index is 12.8. The number of hydrogen-bond acceptors (Lipinski definition) is 3. The van der Waals surface area contributed by atoms with Gasteiger partial charge in [-0.3, -0.25) is 9.59 Å². The third-order valence-corrected chi connectivity index (χ3v) is 4.18. The molecule has 132 valence electrons. The van der Waals surface area contributed by atoms with Crippen LogP contribution in [0.3, 0.4) is 0 Å². The molecule has 1 fully saturated rings. The summed E-state index contributed by atoms with van der Waals surface area (Å²) >= 11 is 0. The molecule has 0 N–H and O–H groups in total. The van der Waals surface area contributed by atoms with E-state index < -0.39 is 0 Å². The smallest absolute Gasteiger partial charge is 0.226 e. The first-order valence-electron chi connectivity index (χ1n) is 8.34. The third kappa shape index (κ3) is 5.22. The van der Waals surface area contributed by atoms with Gasteiger partial charge >= 0.3 is 0 Å². The minimum absolute atomic E-state index is 0.0639. The molecule has 0 radical (unpaired) electrons. The van der Waals surface area contributed by atoms with Crippen LogP contribution in [-0.4, -0.2) is 55.4 Å². The van der Waals surface area contributed by atoms with E-state index in [1.54, 1.807) is 36.0 Å². The second-order valence-electron chi connectivity index (χ2n) is 6.32. The van der Waals surface area contributed by atoms with Crippen LogP contribution in [0.15, 0.2) is 24.3 Å². The molecule has 1 aromatic carbocycles. The highest BCUT2D eigenvalue weighted by atomic mass is 19.1. The number of carbonyl (C=O) groups excluding carboxylic acids is 2. The molecule has 1 unspecified atom stereocenters. The average molecular weight is 336 g/mol. The zero-order valence-electron chi connectivity index (χ0n) is 14.3. The number of rotatable bonds is 6. The first-order valence-corrected chi connectivity index (χ1v) is 8.34. The molecule has 1 aromatic rings. The van der Waals surface area contributed by atoms with Gasteiger partial charge in [0.15, 0.2) is 0 Å². The van der Waals surface area contributed by atoms with Crippen molar-refractivity contribution < 1.29 is 18.7 Å². The topological polar surface area (TPSA) is 49.9 Å². The van der Waals surface area contributed by atoms with Crippen LogP contribution in [0.2, 0.25) is 0 Å². The van der Waals surface area contributed by atoms with E-state index >= 15 is 0 Å². The van der Waals surface area contributed by atoms with Crippen LogP contribution in [0.25, 0.3) is 0 Å². The average Bonchev–Trinajstić information content (AvgIpc) is 2.59. The Kier molecular flexibility index (Phi) is 6.58. The number of ether oxygens (including phenoxy) is 1. The summed E-state index contributed by atoms with van der Waals surface area (Å²) in [5, 5.41) is 0. The van der Waals surface area contributed by atoms with Crippen molar-refractivity contribution in [1.29, 1.82) is 0 Å². The van der Waals surface area contributed by atoms with Gasteiger partial charge in [-0.1, -0.05) is 0 Å². The van der Waals surface area contributed by atoms with Crippen LogP contribution in [0.4, 0.5) is 4.39 Å². The summed E-state index contributed by atoms with van der Waals surface area (Å²) in [7, 11) is 3.49. The van der Waals surface area contributed by atoms with E-state index in [9.17, 15) is 14.0 Å². The Labute approximate surface area is 142 Å². The summed E-state index contributed by atoms with van der Waals surface area (Å²) < 4.78 is 18.3. The van der Waals surface area contributed by atoms with E-state index in [0.29, 0.717) is 31.7 Å². The van der Waals surface area contributed by atoms with Gasteiger partial charge in [-0.25, -0.2) is 4.39 Å². The molecule has 6 heteroatoms. The number of piperidine rings is 1. The van der Waals surface area contributed by atoms with Gasteiger partial charge in [0.1, 0.15) is 11.6 Å². The molecule has 24 heavy (non-hydrogen) atoms. The molecule has 0 aliphatic carbocycles. The molecule has 2 amide bonds. The number of likely N-dealkylation sites (tertiary alicyclic amines) is 1. The fourth-order valence-corrected chi connectivity index (χ4v) is 2.87. The Bertz CT molecular complexity index is 560. The van der Waals surface area contributed by atoms with Gasteiger partial charge in [0.2, 0.25) is 11.8 Å². The molecule has 5 nitrogen and oxygen atoms in total. The Morgan fingerprint density at radius 3 is 2.67 bits per heavy atom. The highest BCUT2D eigenvalue weighted by Gasteiger charge is 2.28. The van der Waals surface area contributed by atoms with Gasteiger partial charge in [-0.2, -0.15) is 0 Å². The molecule has 0 aromatic heterocycles. The Hall–Kier alpha value is -2.11. The monoisotopic (exact) mass is 336 g/mol. The maximum Gasteiger partial charge on any atom is 0.226 e. The van der Waals surface area contributed by atoms with Gasteiger partial charge < -0.3 is 14.5 Å². The molecule has 1 aliphatic rings. The Morgan fingerprint density at radius 1 is 1.29 bits per heavy atom. The lowest BCUT2D eigenvalue weighted by Crippen LogP contribution is -2.45. The van der Waals surface area contributed by atoms with Crippen LogP contribution in [0.1, 0.15) is 25.7 Å². The second kappa shape index (κ2) is 8.66. The van der Waals surface area contributed by atoms with Gasteiger partial charge in [-0.05, 0) is 43.5 Å². The summed E-state index contributed by atoms with van der Waals surface area (Å²) in [5.74, 6) is 0.359. The summed E-state index contributed by atoms with van der Waals surface area (Å²) in [6, 6.07) is 5.82. The fraction of sp³-hybridized carbons (Fsp3) is 0.556. The lowest BCUT2D eigenvalue weighted by molar-refractivity contribution is -0.139. The number of halogens is 1. The van der Waals surface area contributed by atoms with Crippen LogP contribution >= 0.6 is 0 Å². The van der Waals surface area contributed by atoms with Gasteiger partial charge in [0, 0.05) is 33.6 Å². The quantitative estimate of drug-likeness (QED) is 0.749. The Morgan fingerprint density at radius 2 is 2.00 bits per heavy atom. The molecule has 0 spiro atoms. The van der Waals surface area contributed by atoms with Crippen molar-refractivity contribution in [2.75, 3.05) is 33.8 Å². The summed E-state index contributed by atoms with van der Waals surface area (Å²) in [6.45, 7) is 1.63. The maximum absolute atomic E-state index is 12.8. The molecule has 1 saturated heterocycles. The first-order chi connectivity index (χ1) is 11.5. The summed E-state index contributed by atoms with van der Waals surface area (Å²) in [4.78, 5) is 27.7. The lowest BCUT2D eigenvalue weighted by atomic mass is 9.96. The second-order valence-corrected chi connectivity index (χ2v) is 6.32. The normalized spacial score (nSPS) is 17.5. The zero-order chi connectivity index (χ0) is 17.5. The predicted molar refractivity (Wildman–Crippen MR) is 89.1 cm³/mol. The van der Waals surface area contributed by atoms with Crippen molar-refractivity contribution >= 4 is 11.8 Å². The van der Waals surface area contributed by atoms with Crippen molar-refractivity contribution in [2.45, 2.75) is 25.7 Å². The van der Waals surface area contributed by atoms with E-state index in [2.05, 4.69) is 0 Å². The molecule has 0 bridgehead atoms. The molecular formula is C18H25FN2O3. The number of carbonyl (C=O) groups is 2. The van der Waals surface area contributed by atoms with Crippen molar-refractivity contribution in [1.82, 2.24) is 9.80 Å². The Balaban J connectivity index is 1.71. The number of hydrogen-bond donors (Lipinski definition) is 0. The largest absolute Gasteiger partial charge is 0.494 e. The van der Waals surface area contributed by atoms with E-state index in [1.807, 2.05) is 0 Å². The highest BCUT2D eigenvalue weighted by molar-refractivity contribution is 5.81. The first kappa shape index (κ1) is 18.2. The van der Waals surface area contributed by atoms with E-state index in [1.165, 1.54) is 12.1 Å². The fourth-order valence-electron chi connectivity index (χ4n) is 2.87. The van der Waals surface area contributed by atoms with Gasteiger partial charge in [0.05, 0.1) is 12.5 Å². The summed E-state index contributed by atoms with van der Waals surface area (Å²) in [6.07, 6.45) is 2.69. The van der Waals surface area contributed by atoms with Crippen LogP contribution in [0, 0.1) is 11.7 Å². The minimum atomic E-state index is -0.301.